The van der Waals surface area contributed by atoms with Gasteiger partial charge in [-0.3, -0.25) is 4.68 Å². The molecule has 2 rings (SSSR count). The summed E-state index contributed by atoms with van der Waals surface area (Å²) in [5.74, 6) is 0. The van der Waals surface area contributed by atoms with Gasteiger partial charge in [-0.1, -0.05) is 15.9 Å². The van der Waals surface area contributed by atoms with Gasteiger partial charge in [0.2, 0.25) is 0 Å². The van der Waals surface area contributed by atoms with Crippen LogP contribution in [-0.2, 0) is 13.7 Å². The number of aryl methyl sites for hydroxylation is 1. The van der Waals surface area contributed by atoms with Crippen molar-refractivity contribution in [3.8, 4) is 0 Å². The van der Waals surface area contributed by atoms with Crippen LogP contribution < -0.4 is 0 Å². The lowest BCUT2D eigenvalue weighted by Gasteiger charge is -1.95. The summed E-state index contributed by atoms with van der Waals surface area (Å²) in [6, 6.07) is 5.84. The molecule has 1 aromatic heterocycles. The SMILES string of the molecule is Cn1nc2cc(Br)ccc2c1CO. The first kappa shape index (κ1) is 8.72. The van der Waals surface area contributed by atoms with Crippen LogP contribution in [0.4, 0.5) is 0 Å². The van der Waals surface area contributed by atoms with Crippen LogP contribution in [0.2, 0.25) is 0 Å². The molecule has 1 heterocycles. The minimum Gasteiger partial charge on any atom is -0.390 e. The molecule has 0 atom stereocenters. The molecular weight excluding hydrogens is 232 g/mol. The van der Waals surface area contributed by atoms with Crippen molar-refractivity contribution in [2.75, 3.05) is 0 Å². The smallest absolute Gasteiger partial charge is 0.0938 e. The zero-order valence-corrected chi connectivity index (χ0v) is 8.74. The fraction of sp³-hybridized carbons (Fsp3) is 0.222. The highest BCUT2D eigenvalue weighted by Crippen LogP contribution is 2.21. The largest absolute Gasteiger partial charge is 0.390 e. The van der Waals surface area contributed by atoms with Crippen LogP contribution in [0.1, 0.15) is 5.69 Å². The number of nitrogens with zero attached hydrogens (tertiary/aromatic N) is 2. The van der Waals surface area contributed by atoms with Crippen LogP contribution in [0.3, 0.4) is 0 Å². The minimum atomic E-state index is 0.0225. The topological polar surface area (TPSA) is 38.0 Å². The van der Waals surface area contributed by atoms with Crippen molar-refractivity contribution in [2.24, 2.45) is 7.05 Å². The molecule has 1 aromatic carbocycles. The van der Waals surface area contributed by atoms with Crippen molar-refractivity contribution in [1.29, 1.82) is 0 Å². The van der Waals surface area contributed by atoms with Crippen LogP contribution in [0, 0.1) is 0 Å². The van der Waals surface area contributed by atoms with Gasteiger partial charge in [0.25, 0.3) is 0 Å². The van der Waals surface area contributed by atoms with Crippen LogP contribution in [0.5, 0.6) is 0 Å². The molecule has 0 amide bonds. The van der Waals surface area contributed by atoms with E-state index in [0.29, 0.717) is 0 Å². The van der Waals surface area contributed by atoms with Gasteiger partial charge in [-0.2, -0.15) is 5.10 Å². The van der Waals surface area contributed by atoms with Gasteiger partial charge < -0.3 is 5.11 Å². The van der Waals surface area contributed by atoms with Crippen molar-refractivity contribution in [3.05, 3.63) is 28.4 Å². The summed E-state index contributed by atoms with van der Waals surface area (Å²) < 4.78 is 2.71. The quantitative estimate of drug-likeness (QED) is 0.827. The zero-order valence-electron chi connectivity index (χ0n) is 7.16. The van der Waals surface area contributed by atoms with E-state index in [2.05, 4.69) is 21.0 Å². The summed E-state index contributed by atoms with van der Waals surface area (Å²) in [7, 11) is 1.83. The van der Waals surface area contributed by atoms with E-state index in [9.17, 15) is 0 Å². The molecule has 0 spiro atoms. The number of aromatic nitrogens is 2. The number of rotatable bonds is 1. The molecule has 0 unspecified atom stereocenters. The van der Waals surface area contributed by atoms with Crippen LogP contribution in [-0.4, -0.2) is 14.9 Å². The molecule has 1 N–H and O–H groups in total. The van der Waals surface area contributed by atoms with Crippen molar-refractivity contribution in [3.63, 3.8) is 0 Å². The van der Waals surface area contributed by atoms with Crippen LogP contribution in [0.15, 0.2) is 22.7 Å². The van der Waals surface area contributed by atoms with Crippen molar-refractivity contribution < 1.29 is 5.11 Å². The molecule has 2 aromatic rings. The predicted molar refractivity (Wildman–Crippen MR) is 54.3 cm³/mol. The second-order valence-electron chi connectivity index (χ2n) is 2.89. The van der Waals surface area contributed by atoms with Gasteiger partial charge in [0.05, 0.1) is 17.8 Å². The standard InChI is InChI=1S/C9H9BrN2O/c1-12-9(5-13)7-3-2-6(10)4-8(7)11-12/h2-4,13H,5H2,1H3. The molecule has 0 aliphatic heterocycles. The van der Waals surface area contributed by atoms with E-state index in [1.807, 2.05) is 25.2 Å². The summed E-state index contributed by atoms with van der Waals surface area (Å²) in [5, 5.41) is 14.4. The van der Waals surface area contributed by atoms with Crippen molar-refractivity contribution in [1.82, 2.24) is 9.78 Å². The Kier molecular flexibility index (Phi) is 2.09. The zero-order chi connectivity index (χ0) is 9.42. The fourth-order valence-electron chi connectivity index (χ4n) is 1.42. The summed E-state index contributed by atoms with van der Waals surface area (Å²) >= 11 is 3.38. The van der Waals surface area contributed by atoms with E-state index in [0.717, 1.165) is 21.1 Å². The Bertz CT molecular complexity index is 450. The molecule has 68 valence electrons. The van der Waals surface area contributed by atoms with Gasteiger partial charge in [0.1, 0.15) is 0 Å². The molecule has 4 heteroatoms. The number of hydrogen-bond acceptors (Lipinski definition) is 2. The lowest BCUT2D eigenvalue weighted by Crippen LogP contribution is -1.96. The Balaban J connectivity index is 2.79. The Morgan fingerprint density at radius 1 is 1.54 bits per heavy atom. The van der Waals surface area contributed by atoms with Gasteiger partial charge in [-0.15, -0.1) is 0 Å². The number of aliphatic hydroxyl groups excluding tert-OH is 1. The van der Waals surface area contributed by atoms with E-state index >= 15 is 0 Å². The summed E-state index contributed by atoms with van der Waals surface area (Å²) in [6.07, 6.45) is 0. The van der Waals surface area contributed by atoms with E-state index in [4.69, 9.17) is 5.11 Å². The third-order valence-corrected chi connectivity index (χ3v) is 2.56. The average Bonchev–Trinajstić information content (AvgIpc) is 2.39. The van der Waals surface area contributed by atoms with Crippen LogP contribution in [0.25, 0.3) is 10.9 Å². The van der Waals surface area contributed by atoms with Gasteiger partial charge in [0, 0.05) is 16.9 Å². The van der Waals surface area contributed by atoms with Crippen LogP contribution >= 0.6 is 15.9 Å². The van der Waals surface area contributed by atoms with E-state index in [-0.39, 0.29) is 6.61 Å². The second-order valence-corrected chi connectivity index (χ2v) is 3.81. The summed E-state index contributed by atoms with van der Waals surface area (Å²) in [4.78, 5) is 0. The molecule has 3 nitrogen and oxygen atoms in total. The molecule has 0 radical (unpaired) electrons. The van der Waals surface area contributed by atoms with Gasteiger partial charge >= 0.3 is 0 Å². The average molecular weight is 241 g/mol. The lowest BCUT2D eigenvalue weighted by molar-refractivity contribution is 0.272. The summed E-state index contributed by atoms with van der Waals surface area (Å²) in [6.45, 7) is 0.0225. The lowest BCUT2D eigenvalue weighted by atomic mass is 10.2. The Morgan fingerprint density at radius 3 is 3.00 bits per heavy atom. The first-order valence-corrected chi connectivity index (χ1v) is 4.73. The molecule has 0 bridgehead atoms. The Labute approximate surface area is 84.1 Å². The Morgan fingerprint density at radius 2 is 2.31 bits per heavy atom. The monoisotopic (exact) mass is 240 g/mol. The first-order chi connectivity index (χ1) is 6.22. The molecule has 0 saturated heterocycles. The first-order valence-electron chi connectivity index (χ1n) is 3.94. The molecule has 13 heavy (non-hydrogen) atoms. The highest BCUT2D eigenvalue weighted by atomic mass is 79.9. The van der Waals surface area contributed by atoms with E-state index < -0.39 is 0 Å². The number of benzene rings is 1. The maximum atomic E-state index is 9.10. The third kappa shape index (κ3) is 1.36. The maximum Gasteiger partial charge on any atom is 0.0938 e. The highest BCUT2D eigenvalue weighted by Gasteiger charge is 2.06. The normalized spacial score (nSPS) is 11.0. The highest BCUT2D eigenvalue weighted by molar-refractivity contribution is 9.10. The maximum absolute atomic E-state index is 9.10. The molecule has 0 saturated carbocycles. The third-order valence-electron chi connectivity index (χ3n) is 2.07. The molecule has 0 aliphatic carbocycles. The summed E-state index contributed by atoms with van der Waals surface area (Å²) in [5.41, 5.74) is 1.75. The molecular formula is C9H9BrN2O. The van der Waals surface area contributed by atoms with Gasteiger partial charge in [-0.05, 0) is 18.2 Å². The number of aliphatic hydroxyl groups is 1. The number of halogens is 1. The number of fused-ring (bicyclic) bond motifs is 1. The molecule has 0 aliphatic rings. The Hall–Kier alpha value is -0.870. The predicted octanol–water partition coefficient (Wildman–Crippen LogP) is 1.83. The molecule has 0 fully saturated rings. The van der Waals surface area contributed by atoms with E-state index in [1.54, 1.807) is 4.68 Å². The van der Waals surface area contributed by atoms with Crippen molar-refractivity contribution in [2.45, 2.75) is 6.61 Å². The minimum absolute atomic E-state index is 0.0225. The number of hydrogen-bond donors (Lipinski definition) is 1. The van der Waals surface area contributed by atoms with Crippen molar-refractivity contribution >= 4 is 26.8 Å². The van der Waals surface area contributed by atoms with E-state index in [1.165, 1.54) is 0 Å². The van der Waals surface area contributed by atoms with Gasteiger partial charge in [0.15, 0.2) is 0 Å². The van der Waals surface area contributed by atoms with Gasteiger partial charge in [-0.25, -0.2) is 0 Å². The fourth-order valence-corrected chi connectivity index (χ4v) is 1.76. The second kappa shape index (κ2) is 3.12.